The van der Waals surface area contributed by atoms with Crippen molar-refractivity contribution in [2.24, 2.45) is 0 Å². The fraction of sp³-hybridized carbons (Fsp3) is 0.250. The quantitative estimate of drug-likeness (QED) is 0.486. The van der Waals surface area contributed by atoms with Crippen LogP contribution in [0.1, 0.15) is 11.1 Å². The summed E-state index contributed by atoms with van der Waals surface area (Å²) in [4.78, 5) is 0. The number of hydrogen-bond donors (Lipinski definition) is 0. The fourth-order valence-electron chi connectivity index (χ4n) is 2.20. The SMILES string of the molecule is Fc1cccc(C(CBr)(CBr)Cc2ccc(Br)cc2)c1. The van der Waals surface area contributed by atoms with Crippen molar-refractivity contribution in [3.63, 3.8) is 0 Å². The maximum absolute atomic E-state index is 13.5. The second-order valence-corrected chi connectivity index (χ2v) is 6.90. The van der Waals surface area contributed by atoms with E-state index < -0.39 is 0 Å². The summed E-state index contributed by atoms with van der Waals surface area (Å²) in [5, 5.41) is 1.54. The van der Waals surface area contributed by atoms with Gasteiger partial charge in [0.05, 0.1) is 0 Å². The maximum Gasteiger partial charge on any atom is 0.123 e. The normalized spacial score (nSPS) is 11.6. The predicted octanol–water partition coefficient (Wildman–Crippen LogP) is 5.86. The summed E-state index contributed by atoms with van der Waals surface area (Å²) in [5.41, 5.74) is 2.08. The zero-order chi connectivity index (χ0) is 14.6. The van der Waals surface area contributed by atoms with Crippen LogP contribution in [0.2, 0.25) is 0 Å². The van der Waals surface area contributed by atoms with E-state index in [0.29, 0.717) is 0 Å². The summed E-state index contributed by atoms with van der Waals surface area (Å²) in [5.74, 6) is -0.190. The number of rotatable bonds is 5. The Hall–Kier alpha value is -0.190. The first-order valence-corrected chi connectivity index (χ1v) is 9.26. The van der Waals surface area contributed by atoms with E-state index in [-0.39, 0.29) is 11.2 Å². The topological polar surface area (TPSA) is 0 Å². The minimum atomic E-state index is -0.190. The Kier molecular flexibility index (Phi) is 5.82. The van der Waals surface area contributed by atoms with Crippen molar-refractivity contribution < 1.29 is 4.39 Å². The fourth-order valence-corrected chi connectivity index (χ4v) is 4.43. The first-order valence-electron chi connectivity index (χ1n) is 6.22. The Morgan fingerprint density at radius 1 is 0.950 bits per heavy atom. The second-order valence-electron chi connectivity index (χ2n) is 4.86. The third-order valence-electron chi connectivity index (χ3n) is 3.40. The molecule has 0 saturated heterocycles. The molecule has 0 aromatic heterocycles. The van der Waals surface area contributed by atoms with Crippen LogP contribution in [-0.2, 0) is 11.8 Å². The van der Waals surface area contributed by atoms with Gasteiger partial charge < -0.3 is 0 Å². The molecule has 0 atom stereocenters. The average molecular weight is 465 g/mol. The molecule has 0 nitrogen and oxygen atoms in total. The van der Waals surface area contributed by atoms with Crippen LogP contribution in [0, 0.1) is 5.82 Å². The van der Waals surface area contributed by atoms with Gasteiger partial charge in [0.25, 0.3) is 0 Å². The molecule has 0 unspecified atom stereocenters. The van der Waals surface area contributed by atoms with Gasteiger partial charge in [-0.1, -0.05) is 72.1 Å². The minimum absolute atomic E-state index is 0.157. The molecular weight excluding hydrogens is 451 g/mol. The van der Waals surface area contributed by atoms with E-state index in [1.165, 1.54) is 11.6 Å². The van der Waals surface area contributed by atoms with Gasteiger partial charge in [-0.25, -0.2) is 4.39 Å². The summed E-state index contributed by atoms with van der Waals surface area (Å²) in [6, 6.07) is 15.1. The summed E-state index contributed by atoms with van der Waals surface area (Å²) in [6.45, 7) is 0. The molecule has 20 heavy (non-hydrogen) atoms. The van der Waals surface area contributed by atoms with Crippen LogP contribution in [-0.4, -0.2) is 10.7 Å². The summed E-state index contributed by atoms with van der Waals surface area (Å²) >= 11 is 10.7. The molecule has 0 aliphatic heterocycles. The molecule has 0 N–H and O–H groups in total. The van der Waals surface area contributed by atoms with Crippen molar-refractivity contribution in [1.82, 2.24) is 0 Å². The van der Waals surface area contributed by atoms with Crippen molar-refractivity contribution in [3.8, 4) is 0 Å². The lowest BCUT2D eigenvalue weighted by Gasteiger charge is -2.31. The molecule has 0 amide bonds. The highest BCUT2D eigenvalue weighted by Crippen LogP contribution is 2.33. The van der Waals surface area contributed by atoms with Crippen LogP contribution >= 0.6 is 47.8 Å². The van der Waals surface area contributed by atoms with Gasteiger partial charge in [-0.2, -0.15) is 0 Å². The molecule has 2 aromatic rings. The van der Waals surface area contributed by atoms with Gasteiger partial charge in [-0.3, -0.25) is 0 Å². The van der Waals surface area contributed by atoms with E-state index in [4.69, 9.17) is 0 Å². The van der Waals surface area contributed by atoms with Crippen LogP contribution in [0.15, 0.2) is 53.0 Å². The van der Waals surface area contributed by atoms with Gasteiger partial charge in [-0.15, -0.1) is 0 Å². The van der Waals surface area contributed by atoms with Gasteiger partial charge in [0.15, 0.2) is 0 Å². The molecule has 106 valence electrons. The molecule has 2 rings (SSSR count). The first kappa shape index (κ1) is 16.2. The van der Waals surface area contributed by atoms with Crippen LogP contribution in [0.25, 0.3) is 0 Å². The lowest BCUT2D eigenvalue weighted by molar-refractivity contribution is 0.541. The number of alkyl halides is 2. The highest BCUT2D eigenvalue weighted by atomic mass is 79.9. The zero-order valence-corrected chi connectivity index (χ0v) is 15.5. The van der Waals surface area contributed by atoms with Crippen molar-refractivity contribution in [2.45, 2.75) is 11.8 Å². The lowest BCUT2D eigenvalue weighted by Crippen LogP contribution is -2.33. The largest absolute Gasteiger partial charge is 0.207 e. The van der Waals surface area contributed by atoms with Crippen LogP contribution in [0.5, 0.6) is 0 Å². The Bertz CT molecular complexity index is 562. The van der Waals surface area contributed by atoms with E-state index in [9.17, 15) is 4.39 Å². The van der Waals surface area contributed by atoms with Crippen LogP contribution in [0.4, 0.5) is 4.39 Å². The molecule has 0 aliphatic rings. The summed E-state index contributed by atoms with van der Waals surface area (Å²) in [7, 11) is 0. The zero-order valence-electron chi connectivity index (χ0n) is 10.8. The molecule has 0 heterocycles. The van der Waals surface area contributed by atoms with Crippen molar-refractivity contribution >= 4 is 47.8 Å². The Morgan fingerprint density at radius 3 is 2.15 bits per heavy atom. The van der Waals surface area contributed by atoms with E-state index in [0.717, 1.165) is 27.1 Å². The molecule has 0 bridgehead atoms. The van der Waals surface area contributed by atoms with Crippen molar-refractivity contribution in [1.29, 1.82) is 0 Å². The van der Waals surface area contributed by atoms with Gasteiger partial charge >= 0.3 is 0 Å². The average Bonchev–Trinajstić information content (AvgIpc) is 2.47. The second kappa shape index (κ2) is 7.19. The molecule has 0 saturated carbocycles. The monoisotopic (exact) mass is 462 g/mol. The third kappa shape index (κ3) is 3.71. The van der Waals surface area contributed by atoms with E-state index in [2.05, 4.69) is 59.9 Å². The number of halogens is 4. The Balaban J connectivity index is 2.36. The van der Waals surface area contributed by atoms with Crippen LogP contribution in [0.3, 0.4) is 0 Å². The smallest absolute Gasteiger partial charge is 0.123 e. The molecule has 4 heteroatoms. The third-order valence-corrected chi connectivity index (χ3v) is 6.08. The maximum atomic E-state index is 13.5. The highest BCUT2D eigenvalue weighted by Gasteiger charge is 2.30. The molecular formula is C16H14Br3F. The van der Waals surface area contributed by atoms with E-state index in [1.807, 2.05) is 18.2 Å². The predicted molar refractivity (Wildman–Crippen MR) is 93.5 cm³/mol. The molecule has 0 radical (unpaired) electrons. The molecule has 0 fully saturated rings. The molecule has 0 spiro atoms. The molecule has 2 aromatic carbocycles. The summed E-state index contributed by atoms with van der Waals surface area (Å²) < 4.78 is 14.6. The van der Waals surface area contributed by atoms with Crippen molar-refractivity contribution in [3.05, 3.63) is 69.9 Å². The standard InChI is InChI=1S/C16H14Br3F/c17-10-16(11-18,13-2-1-3-15(20)8-13)9-12-4-6-14(19)7-5-12/h1-8H,9-11H2. The highest BCUT2D eigenvalue weighted by molar-refractivity contribution is 9.10. The van der Waals surface area contributed by atoms with Gasteiger partial charge in [0.1, 0.15) is 5.82 Å². The van der Waals surface area contributed by atoms with Gasteiger partial charge in [0.2, 0.25) is 0 Å². The lowest BCUT2D eigenvalue weighted by atomic mass is 9.79. The van der Waals surface area contributed by atoms with E-state index in [1.54, 1.807) is 12.1 Å². The number of hydrogen-bond acceptors (Lipinski definition) is 0. The van der Waals surface area contributed by atoms with Crippen molar-refractivity contribution in [2.75, 3.05) is 10.7 Å². The Labute approximate surface area is 144 Å². The van der Waals surface area contributed by atoms with E-state index >= 15 is 0 Å². The summed E-state index contributed by atoms with van der Waals surface area (Å²) in [6.07, 6.45) is 0.847. The van der Waals surface area contributed by atoms with Crippen LogP contribution < -0.4 is 0 Å². The molecule has 0 aliphatic carbocycles. The van der Waals surface area contributed by atoms with Gasteiger partial charge in [0, 0.05) is 20.5 Å². The minimum Gasteiger partial charge on any atom is -0.207 e. The first-order chi connectivity index (χ1) is 9.59. The van der Waals surface area contributed by atoms with Gasteiger partial charge in [-0.05, 0) is 41.8 Å². The Morgan fingerprint density at radius 2 is 1.60 bits per heavy atom. The number of benzene rings is 2.